The van der Waals surface area contributed by atoms with E-state index in [0.717, 1.165) is 30.8 Å². The molecule has 0 atom stereocenters. The number of rotatable bonds is 11. The van der Waals surface area contributed by atoms with Gasteiger partial charge in [-0.2, -0.15) is 10.1 Å². The van der Waals surface area contributed by atoms with Crippen LogP contribution < -0.4 is 21.7 Å². The number of amides is 1. The zero-order chi connectivity index (χ0) is 23.9. The lowest BCUT2D eigenvalue weighted by Gasteiger charge is -2.23. The van der Waals surface area contributed by atoms with E-state index in [1.54, 1.807) is 10.9 Å². The fraction of sp³-hybridized carbons (Fsp3) is 0.240. The van der Waals surface area contributed by atoms with Gasteiger partial charge in [0.05, 0.1) is 12.7 Å². The Morgan fingerprint density at radius 1 is 1.09 bits per heavy atom. The van der Waals surface area contributed by atoms with Crippen LogP contribution in [0.3, 0.4) is 0 Å². The van der Waals surface area contributed by atoms with Crippen LogP contribution in [-0.2, 0) is 6.54 Å². The van der Waals surface area contributed by atoms with E-state index < -0.39 is 5.91 Å². The summed E-state index contributed by atoms with van der Waals surface area (Å²) in [7, 11) is 0. The van der Waals surface area contributed by atoms with E-state index in [2.05, 4.69) is 27.2 Å². The Bertz CT molecular complexity index is 1210. The lowest BCUT2D eigenvalue weighted by molar-refractivity contribution is 0.0996. The third kappa shape index (κ3) is 5.26. The molecule has 2 heterocycles. The number of nitrogens with two attached hydrogens (primary N) is 2. The van der Waals surface area contributed by atoms with Crippen molar-refractivity contribution in [3.63, 3.8) is 0 Å². The summed E-state index contributed by atoms with van der Waals surface area (Å²) >= 11 is 0. The van der Waals surface area contributed by atoms with Gasteiger partial charge in [-0.15, -0.1) is 0 Å². The summed E-state index contributed by atoms with van der Waals surface area (Å²) in [6.45, 7) is 4.96. The molecule has 0 aliphatic carbocycles. The zero-order valence-electron chi connectivity index (χ0n) is 19.1. The molecular formula is C25H29N7O2. The Morgan fingerprint density at radius 3 is 2.53 bits per heavy atom. The molecule has 9 heteroatoms. The van der Waals surface area contributed by atoms with Crippen LogP contribution >= 0.6 is 0 Å². The fourth-order valence-electron chi connectivity index (χ4n) is 3.79. The molecule has 0 aliphatic heterocycles. The average molecular weight is 460 g/mol. The van der Waals surface area contributed by atoms with Crippen molar-refractivity contribution < 1.29 is 9.21 Å². The van der Waals surface area contributed by atoms with Crippen molar-refractivity contribution in [1.82, 2.24) is 14.8 Å². The average Bonchev–Trinajstić information content (AvgIpc) is 3.47. The van der Waals surface area contributed by atoms with Crippen molar-refractivity contribution in [2.75, 3.05) is 29.9 Å². The second-order valence-corrected chi connectivity index (χ2v) is 7.87. The molecular weight excluding hydrogens is 430 g/mol. The van der Waals surface area contributed by atoms with Gasteiger partial charge < -0.3 is 20.8 Å². The molecule has 176 valence electrons. The number of carbonyl (C=O) groups excluding carboxylic acids is 1. The van der Waals surface area contributed by atoms with Gasteiger partial charge in [-0.3, -0.25) is 10.1 Å². The lowest BCUT2D eigenvalue weighted by atomic mass is 10.1. The first-order valence-corrected chi connectivity index (χ1v) is 11.3. The summed E-state index contributed by atoms with van der Waals surface area (Å²) in [6.07, 6.45) is 2.71. The quantitative estimate of drug-likeness (QED) is 0.312. The topological polar surface area (TPSA) is 128 Å². The van der Waals surface area contributed by atoms with E-state index in [0.29, 0.717) is 30.2 Å². The van der Waals surface area contributed by atoms with Gasteiger partial charge in [0.15, 0.2) is 11.5 Å². The van der Waals surface area contributed by atoms with Crippen LogP contribution in [-0.4, -0.2) is 40.3 Å². The summed E-state index contributed by atoms with van der Waals surface area (Å²) in [5.74, 6) is 0.334. The predicted octanol–water partition coefficient (Wildman–Crippen LogP) is 3.60. The molecule has 4 rings (SSSR count). The monoisotopic (exact) mass is 459 g/mol. The molecule has 2 aromatic heterocycles. The third-order valence-electron chi connectivity index (χ3n) is 5.37. The fourth-order valence-corrected chi connectivity index (χ4v) is 3.79. The number of aromatic nitrogens is 3. The summed E-state index contributed by atoms with van der Waals surface area (Å²) in [4.78, 5) is 18.6. The molecule has 0 fully saturated rings. The summed E-state index contributed by atoms with van der Waals surface area (Å²) in [5.41, 5.74) is 14.3. The van der Waals surface area contributed by atoms with Crippen LogP contribution in [0.25, 0.3) is 11.3 Å². The molecule has 0 aliphatic rings. The normalized spacial score (nSPS) is 10.9. The van der Waals surface area contributed by atoms with E-state index in [9.17, 15) is 4.79 Å². The van der Waals surface area contributed by atoms with Gasteiger partial charge >= 0.3 is 6.01 Å². The largest absolute Gasteiger partial charge is 0.422 e. The highest BCUT2D eigenvalue weighted by Gasteiger charge is 2.21. The number of benzene rings is 2. The maximum Gasteiger partial charge on any atom is 0.301 e. The minimum atomic E-state index is -0.663. The van der Waals surface area contributed by atoms with Crippen LogP contribution in [0.1, 0.15) is 29.4 Å². The molecule has 0 saturated heterocycles. The molecule has 2 aromatic carbocycles. The molecule has 0 radical (unpaired) electrons. The van der Waals surface area contributed by atoms with Crippen molar-refractivity contribution in [1.29, 1.82) is 0 Å². The van der Waals surface area contributed by atoms with Crippen LogP contribution in [0.5, 0.6) is 0 Å². The van der Waals surface area contributed by atoms with Gasteiger partial charge in [0.2, 0.25) is 0 Å². The number of hydrogen-bond donors (Lipinski definition) is 3. The van der Waals surface area contributed by atoms with E-state index in [1.165, 1.54) is 0 Å². The van der Waals surface area contributed by atoms with Crippen LogP contribution in [0.2, 0.25) is 0 Å². The number of carbonyl (C=O) groups is 1. The minimum Gasteiger partial charge on any atom is -0.422 e. The number of anilines is 3. The maximum atomic E-state index is 12.1. The maximum absolute atomic E-state index is 12.1. The Labute approximate surface area is 198 Å². The zero-order valence-corrected chi connectivity index (χ0v) is 19.1. The number of oxazole rings is 1. The van der Waals surface area contributed by atoms with Crippen LogP contribution in [0.4, 0.5) is 17.5 Å². The Kier molecular flexibility index (Phi) is 7.24. The number of primary amides is 1. The molecule has 1 amide bonds. The third-order valence-corrected chi connectivity index (χ3v) is 5.37. The van der Waals surface area contributed by atoms with Gasteiger partial charge in [0.25, 0.3) is 5.91 Å². The minimum absolute atomic E-state index is 0.0664. The number of nitrogens with zero attached hydrogens (tertiary/aromatic N) is 4. The first-order chi connectivity index (χ1) is 16.6. The molecule has 34 heavy (non-hydrogen) atoms. The molecule has 0 bridgehead atoms. The van der Waals surface area contributed by atoms with Crippen molar-refractivity contribution >= 4 is 23.4 Å². The first kappa shape index (κ1) is 23.1. The first-order valence-electron chi connectivity index (χ1n) is 11.3. The van der Waals surface area contributed by atoms with Gasteiger partial charge in [-0.05, 0) is 36.2 Å². The van der Waals surface area contributed by atoms with E-state index in [1.807, 2.05) is 60.7 Å². The lowest BCUT2D eigenvalue weighted by Crippen LogP contribution is -2.29. The second-order valence-electron chi connectivity index (χ2n) is 7.87. The molecule has 0 spiro atoms. The Hall–Kier alpha value is -4.11. The van der Waals surface area contributed by atoms with E-state index >= 15 is 0 Å². The Morgan fingerprint density at radius 2 is 1.85 bits per heavy atom. The van der Waals surface area contributed by atoms with E-state index in [-0.39, 0.29) is 11.7 Å². The summed E-state index contributed by atoms with van der Waals surface area (Å²) < 4.78 is 7.73. The number of hydrogen-bond acceptors (Lipinski definition) is 7. The molecule has 0 saturated carbocycles. The van der Waals surface area contributed by atoms with E-state index in [4.69, 9.17) is 15.9 Å². The van der Waals surface area contributed by atoms with Crippen molar-refractivity contribution in [2.45, 2.75) is 19.9 Å². The van der Waals surface area contributed by atoms with Crippen LogP contribution in [0, 0.1) is 0 Å². The van der Waals surface area contributed by atoms with Gasteiger partial charge in [-0.1, -0.05) is 37.3 Å². The highest BCUT2D eigenvalue weighted by atomic mass is 16.4. The SMILES string of the molecule is CCCN(CCN)c1ccc(-c2oc(Nc3ccnn3Cc3ccccc3)nc2C(N)=O)cc1. The Balaban J connectivity index is 1.57. The van der Waals surface area contributed by atoms with Gasteiger partial charge in [-0.25, -0.2) is 4.68 Å². The summed E-state index contributed by atoms with van der Waals surface area (Å²) in [5, 5.41) is 7.48. The molecule has 0 unspecified atom stereocenters. The highest BCUT2D eigenvalue weighted by molar-refractivity contribution is 5.97. The van der Waals surface area contributed by atoms with Gasteiger partial charge in [0, 0.05) is 37.0 Å². The van der Waals surface area contributed by atoms with Crippen molar-refractivity contribution in [3.05, 3.63) is 78.1 Å². The highest BCUT2D eigenvalue weighted by Crippen LogP contribution is 2.30. The van der Waals surface area contributed by atoms with Gasteiger partial charge in [0.1, 0.15) is 5.82 Å². The second kappa shape index (κ2) is 10.7. The summed E-state index contributed by atoms with van der Waals surface area (Å²) in [6, 6.07) is 19.7. The predicted molar refractivity (Wildman–Crippen MR) is 133 cm³/mol. The van der Waals surface area contributed by atoms with Crippen LogP contribution in [0.15, 0.2) is 71.3 Å². The number of nitrogens with one attached hydrogen (secondary N) is 1. The smallest absolute Gasteiger partial charge is 0.301 e. The molecule has 4 aromatic rings. The van der Waals surface area contributed by atoms with Crippen molar-refractivity contribution in [2.24, 2.45) is 11.5 Å². The molecule has 5 N–H and O–H groups in total. The standard InChI is InChI=1S/C25H29N7O2/c1-2-15-31(16-13-26)20-10-8-19(9-11-20)23-22(24(27)33)30-25(34-23)29-21-12-14-28-32(21)17-18-6-4-3-5-7-18/h3-12,14H,2,13,15-17,26H2,1H3,(H2,27,33)(H,29,30). The molecule has 9 nitrogen and oxygen atoms in total. The van der Waals surface area contributed by atoms with Crippen molar-refractivity contribution in [3.8, 4) is 11.3 Å².